The minimum Gasteiger partial charge on any atom is -0.302 e. The molecule has 0 aliphatic rings. The number of carbonyl (C=O) groups excluding carboxylic acids is 1. The zero-order valence-electron chi connectivity index (χ0n) is 17.8. The Kier molecular flexibility index (Phi) is 7.59. The molecule has 0 spiro atoms. The molecule has 164 valence electrons. The Hall–Kier alpha value is -2.55. The first-order valence-electron chi connectivity index (χ1n) is 10.2. The molecule has 0 bridgehead atoms. The molecule has 3 aromatic rings. The van der Waals surface area contributed by atoms with Crippen molar-refractivity contribution in [1.29, 1.82) is 0 Å². The number of benzene rings is 2. The lowest BCUT2D eigenvalue weighted by Gasteiger charge is -2.24. The molecular weight excluding hydrogens is 436 g/mol. The number of nitrogens with zero attached hydrogens (tertiary/aromatic N) is 4. The lowest BCUT2D eigenvalue weighted by molar-refractivity contribution is -0.384. The number of likely N-dealkylation sites (N-methyl/N-ethyl adjacent to an activating group) is 1. The largest absolute Gasteiger partial charge is 0.302 e. The molecule has 0 atom stereocenters. The van der Waals surface area contributed by atoms with Gasteiger partial charge in [0, 0.05) is 30.2 Å². The molecule has 0 saturated heterocycles. The molecule has 0 radical (unpaired) electrons. The first-order chi connectivity index (χ1) is 14.8. The number of hydrogen-bond donors (Lipinski definition) is 0. The van der Waals surface area contributed by atoms with E-state index in [4.69, 9.17) is 16.6 Å². The number of halogens is 1. The van der Waals surface area contributed by atoms with Crippen molar-refractivity contribution in [1.82, 2.24) is 9.88 Å². The third kappa shape index (κ3) is 5.39. The summed E-state index contributed by atoms with van der Waals surface area (Å²) in [6.07, 6.45) is 0.145. The molecule has 0 saturated carbocycles. The number of rotatable bonds is 9. The van der Waals surface area contributed by atoms with Gasteiger partial charge in [-0.05, 0) is 43.3 Å². The van der Waals surface area contributed by atoms with Crippen LogP contribution in [0.2, 0.25) is 5.02 Å². The van der Waals surface area contributed by atoms with E-state index >= 15 is 0 Å². The van der Waals surface area contributed by atoms with Crippen LogP contribution >= 0.6 is 22.9 Å². The van der Waals surface area contributed by atoms with Crippen LogP contribution in [0, 0.1) is 17.0 Å². The normalized spacial score (nSPS) is 11.3. The topological polar surface area (TPSA) is 79.6 Å². The maximum atomic E-state index is 13.3. The lowest BCUT2D eigenvalue weighted by Crippen LogP contribution is -2.39. The Labute approximate surface area is 190 Å². The summed E-state index contributed by atoms with van der Waals surface area (Å²) < 4.78 is 0.980. The number of anilines is 1. The molecule has 2 aromatic carbocycles. The number of aromatic nitrogens is 1. The molecule has 3 rings (SSSR count). The van der Waals surface area contributed by atoms with Crippen molar-refractivity contribution in [2.45, 2.75) is 27.2 Å². The number of aryl methyl sites for hydroxylation is 1. The molecule has 7 nitrogen and oxygen atoms in total. The van der Waals surface area contributed by atoms with Gasteiger partial charge in [0.25, 0.3) is 5.69 Å². The van der Waals surface area contributed by atoms with Gasteiger partial charge in [-0.1, -0.05) is 48.9 Å². The van der Waals surface area contributed by atoms with Gasteiger partial charge in [-0.25, -0.2) is 4.98 Å². The average Bonchev–Trinajstić information content (AvgIpc) is 3.19. The van der Waals surface area contributed by atoms with Gasteiger partial charge in [-0.3, -0.25) is 19.8 Å². The van der Waals surface area contributed by atoms with Gasteiger partial charge in [0.2, 0.25) is 5.91 Å². The van der Waals surface area contributed by atoms with Gasteiger partial charge in [-0.2, -0.15) is 0 Å². The predicted molar refractivity (Wildman–Crippen MR) is 126 cm³/mol. The third-order valence-electron chi connectivity index (χ3n) is 5.31. The number of nitro benzene ring substituents is 1. The number of carbonyl (C=O) groups is 1. The second-order valence-corrected chi connectivity index (χ2v) is 8.60. The number of amides is 1. The van der Waals surface area contributed by atoms with Crippen LogP contribution in [-0.4, -0.2) is 46.9 Å². The molecule has 0 fully saturated rings. The van der Waals surface area contributed by atoms with Crippen molar-refractivity contribution in [3.8, 4) is 0 Å². The van der Waals surface area contributed by atoms with E-state index in [1.165, 1.54) is 23.5 Å². The Morgan fingerprint density at radius 1 is 1.13 bits per heavy atom. The quantitative estimate of drug-likeness (QED) is 0.328. The van der Waals surface area contributed by atoms with Gasteiger partial charge >= 0.3 is 0 Å². The van der Waals surface area contributed by atoms with Crippen LogP contribution < -0.4 is 4.90 Å². The number of nitro groups is 1. The Bertz CT molecular complexity index is 1080. The highest BCUT2D eigenvalue weighted by atomic mass is 35.5. The molecule has 0 aliphatic carbocycles. The van der Waals surface area contributed by atoms with E-state index in [0.29, 0.717) is 16.7 Å². The zero-order chi connectivity index (χ0) is 22.5. The highest BCUT2D eigenvalue weighted by molar-refractivity contribution is 7.22. The summed E-state index contributed by atoms with van der Waals surface area (Å²) in [4.78, 5) is 32.4. The van der Waals surface area contributed by atoms with Crippen LogP contribution in [0.15, 0.2) is 36.4 Å². The monoisotopic (exact) mass is 460 g/mol. The van der Waals surface area contributed by atoms with Crippen molar-refractivity contribution < 1.29 is 9.72 Å². The molecular formula is C22H25ClN4O3S. The van der Waals surface area contributed by atoms with Gasteiger partial charge in [0.1, 0.15) is 0 Å². The molecule has 1 aromatic heterocycles. The van der Waals surface area contributed by atoms with E-state index in [1.807, 2.05) is 19.1 Å². The smallest absolute Gasteiger partial charge is 0.269 e. The van der Waals surface area contributed by atoms with Crippen LogP contribution in [0.5, 0.6) is 0 Å². The van der Waals surface area contributed by atoms with Crippen molar-refractivity contribution in [3.05, 3.63) is 62.7 Å². The van der Waals surface area contributed by atoms with E-state index in [1.54, 1.807) is 17.0 Å². The van der Waals surface area contributed by atoms with Crippen LogP contribution in [0.25, 0.3) is 10.2 Å². The molecule has 1 amide bonds. The summed E-state index contributed by atoms with van der Waals surface area (Å²) >= 11 is 7.72. The Morgan fingerprint density at radius 3 is 2.42 bits per heavy atom. The molecule has 0 N–H and O–H groups in total. The summed E-state index contributed by atoms with van der Waals surface area (Å²) in [5, 5.41) is 12.2. The maximum absolute atomic E-state index is 13.3. The summed E-state index contributed by atoms with van der Waals surface area (Å²) in [5.41, 5.74) is 2.44. The second-order valence-electron chi connectivity index (χ2n) is 7.19. The molecule has 9 heteroatoms. The van der Waals surface area contributed by atoms with Crippen molar-refractivity contribution in [3.63, 3.8) is 0 Å². The van der Waals surface area contributed by atoms with E-state index < -0.39 is 4.92 Å². The number of fused-ring (bicyclic) bond motifs is 1. The second kappa shape index (κ2) is 10.2. The average molecular weight is 461 g/mol. The summed E-state index contributed by atoms with van der Waals surface area (Å²) in [6.45, 7) is 9.15. The number of thiazole rings is 1. The van der Waals surface area contributed by atoms with E-state index in [0.717, 1.165) is 41.0 Å². The fraction of sp³-hybridized carbons (Fsp3) is 0.364. The molecule has 31 heavy (non-hydrogen) atoms. The summed E-state index contributed by atoms with van der Waals surface area (Å²) in [7, 11) is 0. The van der Waals surface area contributed by atoms with Crippen molar-refractivity contribution in [2.75, 3.05) is 31.1 Å². The van der Waals surface area contributed by atoms with E-state index in [-0.39, 0.29) is 18.0 Å². The van der Waals surface area contributed by atoms with E-state index in [9.17, 15) is 14.9 Å². The molecule has 1 heterocycles. The minimum atomic E-state index is -0.448. The van der Waals surface area contributed by atoms with Gasteiger partial charge in [0.05, 0.1) is 21.6 Å². The first kappa shape index (κ1) is 23.1. The number of hydrogen-bond acceptors (Lipinski definition) is 6. The fourth-order valence-electron chi connectivity index (χ4n) is 3.32. The summed E-state index contributed by atoms with van der Waals surface area (Å²) in [5.74, 6) is -0.0937. The van der Waals surface area contributed by atoms with Crippen LogP contribution in [0.4, 0.5) is 10.8 Å². The Balaban J connectivity index is 1.89. The highest BCUT2D eigenvalue weighted by Gasteiger charge is 2.22. The highest BCUT2D eigenvalue weighted by Crippen LogP contribution is 2.33. The summed E-state index contributed by atoms with van der Waals surface area (Å²) in [6, 6.07) is 9.87. The Morgan fingerprint density at radius 2 is 1.81 bits per heavy atom. The maximum Gasteiger partial charge on any atom is 0.269 e. The molecule has 0 aliphatic heterocycles. The van der Waals surface area contributed by atoms with E-state index in [2.05, 4.69) is 18.7 Å². The standard InChI is InChI=1S/C22H25ClN4O3S/c1-4-25(5-2)12-13-26(20(28)14-16-6-8-17(9-7-16)27(29)30)22-24-21-15(3)18(23)10-11-19(21)31-22/h6-11H,4-5,12-14H2,1-3H3. The number of non-ortho nitro benzene ring substituents is 1. The first-order valence-corrected chi connectivity index (χ1v) is 11.3. The van der Waals surface area contributed by atoms with Gasteiger partial charge < -0.3 is 4.90 Å². The minimum absolute atomic E-state index is 0.00751. The lowest BCUT2D eigenvalue weighted by atomic mass is 10.1. The van der Waals surface area contributed by atoms with Crippen LogP contribution in [0.1, 0.15) is 25.0 Å². The third-order valence-corrected chi connectivity index (χ3v) is 6.76. The van der Waals surface area contributed by atoms with Crippen molar-refractivity contribution >= 4 is 49.9 Å². The van der Waals surface area contributed by atoms with Crippen LogP contribution in [0.3, 0.4) is 0 Å². The molecule has 0 unspecified atom stereocenters. The SMILES string of the molecule is CCN(CC)CCN(C(=O)Cc1ccc([N+](=O)[O-])cc1)c1nc2c(C)c(Cl)ccc2s1. The predicted octanol–water partition coefficient (Wildman–Crippen LogP) is 5.08. The van der Waals surface area contributed by atoms with Crippen LogP contribution in [-0.2, 0) is 11.2 Å². The van der Waals surface area contributed by atoms with Crippen molar-refractivity contribution in [2.24, 2.45) is 0 Å². The zero-order valence-corrected chi connectivity index (χ0v) is 19.4. The van der Waals surface area contributed by atoms with Gasteiger partial charge in [-0.15, -0.1) is 0 Å². The van der Waals surface area contributed by atoms with Gasteiger partial charge in [0.15, 0.2) is 5.13 Å². The fourth-order valence-corrected chi connectivity index (χ4v) is 4.54.